The van der Waals surface area contributed by atoms with Gasteiger partial charge in [0.2, 0.25) is 5.91 Å². The van der Waals surface area contributed by atoms with Crippen LogP contribution in [0.15, 0.2) is 12.1 Å². The Bertz CT molecular complexity index is 439. The van der Waals surface area contributed by atoms with Crippen molar-refractivity contribution in [2.45, 2.75) is 13.8 Å². The number of nitrogens with zero attached hydrogens (tertiary/aromatic N) is 3. The zero-order chi connectivity index (χ0) is 13.1. The summed E-state index contributed by atoms with van der Waals surface area (Å²) in [6, 6.07) is 4.13. The maximum atomic E-state index is 10.9. The van der Waals surface area contributed by atoms with Crippen LogP contribution < -0.4 is 10.6 Å². The Morgan fingerprint density at radius 3 is 2.56 bits per heavy atom. The molecule has 1 aromatic heterocycles. The van der Waals surface area contributed by atoms with Gasteiger partial charge in [0.05, 0.1) is 6.54 Å². The first kappa shape index (κ1) is 12.8. The molecular formula is C13H20N4O. The fourth-order valence-electron chi connectivity index (χ4n) is 2.27. The van der Waals surface area contributed by atoms with Crippen molar-refractivity contribution < 1.29 is 4.79 Å². The van der Waals surface area contributed by atoms with Gasteiger partial charge in [-0.1, -0.05) is 6.07 Å². The molecule has 0 saturated carbocycles. The van der Waals surface area contributed by atoms with Gasteiger partial charge in [0.25, 0.3) is 0 Å². The highest BCUT2D eigenvalue weighted by Gasteiger charge is 2.20. The number of carbonyl (C=O) groups excluding carboxylic acids is 1. The monoisotopic (exact) mass is 248 g/mol. The Morgan fingerprint density at radius 1 is 1.28 bits per heavy atom. The minimum absolute atomic E-state index is 0.256. The van der Waals surface area contributed by atoms with Crippen molar-refractivity contribution in [3.05, 3.63) is 23.4 Å². The van der Waals surface area contributed by atoms with Crippen LogP contribution in [0.3, 0.4) is 0 Å². The van der Waals surface area contributed by atoms with Crippen LogP contribution in [0.1, 0.15) is 11.3 Å². The molecule has 98 valence electrons. The zero-order valence-corrected chi connectivity index (χ0v) is 11.0. The predicted octanol–water partition coefficient (Wildman–Crippen LogP) is 0.306. The molecule has 2 rings (SSSR count). The van der Waals surface area contributed by atoms with Crippen molar-refractivity contribution in [3.63, 3.8) is 0 Å². The quantitative estimate of drug-likeness (QED) is 0.836. The second kappa shape index (κ2) is 5.35. The molecule has 1 aromatic rings. The van der Waals surface area contributed by atoms with Gasteiger partial charge in [-0.3, -0.25) is 9.69 Å². The summed E-state index contributed by atoms with van der Waals surface area (Å²) in [6.07, 6.45) is 0. The molecule has 5 heteroatoms. The molecule has 0 aliphatic carbocycles. The summed E-state index contributed by atoms with van der Waals surface area (Å²) in [5.41, 5.74) is 7.44. The van der Waals surface area contributed by atoms with E-state index in [0.717, 1.165) is 37.7 Å². The maximum Gasteiger partial charge on any atom is 0.231 e. The Hall–Kier alpha value is -1.62. The number of anilines is 1. The Morgan fingerprint density at radius 2 is 1.94 bits per heavy atom. The van der Waals surface area contributed by atoms with E-state index < -0.39 is 0 Å². The summed E-state index contributed by atoms with van der Waals surface area (Å²) in [5.74, 6) is 0.807. The van der Waals surface area contributed by atoms with E-state index in [2.05, 4.69) is 27.8 Å². The van der Waals surface area contributed by atoms with Gasteiger partial charge < -0.3 is 10.6 Å². The average Bonchev–Trinajstić information content (AvgIpc) is 2.33. The van der Waals surface area contributed by atoms with Crippen molar-refractivity contribution >= 4 is 11.7 Å². The minimum Gasteiger partial charge on any atom is -0.369 e. The minimum atomic E-state index is -0.256. The van der Waals surface area contributed by atoms with Crippen molar-refractivity contribution in [3.8, 4) is 0 Å². The summed E-state index contributed by atoms with van der Waals surface area (Å²) in [5, 5.41) is 0. The van der Waals surface area contributed by atoms with Crippen LogP contribution in [0.2, 0.25) is 0 Å². The predicted molar refractivity (Wildman–Crippen MR) is 71.6 cm³/mol. The number of amides is 1. The summed E-state index contributed by atoms with van der Waals surface area (Å²) in [7, 11) is 0. The van der Waals surface area contributed by atoms with Gasteiger partial charge in [-0.15, -0.1) is 0 Å². The molecule has 0 spiro atoms. The van der Waals surface area contributed by atoms with Crippen molar-refractivity contribution in [1.82, 2.24) is 9.88 Å². The van der Waals surface area contributed by atoms with Crippen LogP contribution >= 0.6 is 0 Å². The van der Waals surface area contributed by atoms with Crippen LogP contribution in [0, 0.1) is 13.8 Å². The molecule has 1 fully saturated rings. The Labute approximate surface area is 108 Å². The van der Waals surface area contributed by atoms with Crippen molar-refractivity contribution in [2.24, 2.45) is 5.73 Å². The van der Waals surface area contributed by atoms with Gasteiger partial charge in [0.15, 0.2) is 0 Å². The summed E-state index contributed by atoms with van der Waals surface area (Å²) < 4.78 is 0. The lowest BCUT2D eigenvalue weighted by Gasteiger charge is -2.35. The van der Waals surface area contributed by atoms with Gasteiger partial charge in [0.1, 0.15) is 5.82 Å². The van der Waals surface area contributed by atoms with E-state index in [1.54, 1.807) is 0 Å². The second-order valence-electron chi connectivity index (χ2n) is 4.82. The lowest BCUT2D eigenvalue weighted by molar-refractivity contribution is -0.119. The van der Waals surface area contributed by atoms with E-state index in [9.17, 15) is 4.79 Å². The first-order valence-electron chi connectivity index (χ1n) is 6.26. The molecular weight excluding hydrogens is 228 g/mol. The smallest absolute Gasteiger partial charge is 0.231 e. The second-order valence-corrected chi connectivity index (χ2v) is 4.82. The van der Waals surface area contributed by atoms with Crippen LogP contribution in [0.25, 0.3) is 0 Å². The number of piperazine rings is 1. The highest BCUT2D eigenvalue weighted by Crippen LogP contribution is 2.19. The molecule has 18 heavy (non-hydrogen) atoms. The van der Waals surface area contributed by atoms with Gasteiger partial charge in [0, 0.05) is 31.9 Å². The lowest BCUT2D eigenvalue weighted by Crippen LogP contribution is -2.49. The number of hydrogen-bond acceptors (Lipinski definition) is 4. The Kier molecular flexibility index (Phi) is 3.81. The fraction of sp³-hybridized carbons (Fsp3) is 0.538. The molecule has 1 saturated heterocycles. The van der Waals surface area contributed by atoms with Crippen LogP contribution in [-0.2, 0) is 4.79 Å². The molecule has 0 aromatic carbocycles. The molecule has 2 N–H and O–H groups in total. The number of hydrogen-bond donors (Lipinski definition) is 1. The molecule has 1 amide bonds. The lowest BCUT2D eigenvalue weighted by atomic mass is 10.2. The number of rotatable bonds is 3. The van der Waals surface area contributed by atoms with Crippen LogP contribution in [0.4, 0.5) is 5.82 Å². The van der Waals surface area contributed by atoms with E-state index in [1.165, 1.54) is 5.56 Å². The third kappa shape index (κ3) is 2.98. The van der Waals surface area contributed by atoms with E-state index >= 15 is 0 Å². The number of carbonyl (C=O) groups is 1. The highest BCUT2D eigenvalue weighted by molar-refractivity contribution is 5.75. The van der Waals surface area contributed by atoms with E-state index in [-0.39, 0.29) is 5.91 Å². The summed E-state index contributed by atoms with van der Waals surface area (Å²) >= 11 is 0. The SMILES string of the molecule is Cc1ccc(C)c(N2CCN(CC(N)=O)CC2)n1. The van der Waals surface area contributed by atoms with Gasteiger partial charge >= 0.3 is 0 Å². The Balaban J connectivity index is 2.01. The average molecular weight is 248 g/mol. The number of primary amides is 1. The number of nitrogens with two attached hydrogens (primary N) is 1. The maximum absolute atomic E-state index is 10.9. The van der Waals surface area contributed by atoms with Crippen LogP contribution in [0.5, 0.6) is 0 Å². The largest absolute Gasteiger partial charge is 0.369 e. The molecule has 0 atom stereocenters. The zero-order valence-electron chi connectivity index (χ0n) is 11.0. The third-order valence-electron chi connectivity index (χ3n) is 3.26. The standard InChI is InChI=1S/C13H20N4O/c1-10-3-4-11(2)15-13(10)17-7-5-16(6-8-17)9-12(14)18/h3-4H,5-9H2,1-2H3,(H2,14,18). The summed E-state index contributed by atoms with van der Waals surface area (Å²) in [6.45, 7) is 7.95. The number of pyridine rings is 1. The van der Waals surface area contributed by atoms with E-state index in [4.69, 9.17) is 5.73 Å². The van der Waals surface area contributed by atoms with Crippen molar-refractivity contribution in [2.75, 3.05) is 37.6 Å². The number of aryl methyl sites for hydroxylation is 2. The first-order chi connectivity index (χ1) is 8.56. The topological polar surface area (TPSA) is 62.5 Å². The molecule has 1 aliphatic rings. The van der Waals surface area contributed by atoms with Crippen LogP contribution in [-0.4, -0.2) is 48.5 Å². The van der Waals surface area contributed by atoms with Crippen molar-refractivity contribution in [1.29, 1.82) is 0 Å². The van der Waals surface area contributed by atoms with E-state index in [1.807, 2.05) is 13.0 Å². The van der Waals surface area contributed by atoms with Gasteiger partial charge in [-0.05, 0) is 25.5 Å². The first-order valence-corrected chi connectivity index (χ1v) is 6.26. The highest BCUT2D eigenvalue weighted by atomic mass is 16.1. The molecule has 5 nitrogen and oxygen atoms in total. The molecule has 1 aliphatic heterocycles. The molecule has 0 bridgehead atoms. The fourth-order valence-corrected chi connectivity index (χ4v) is 2.27. The normalized spacial score (nSPS) is 16.9. The molecule has 2 heterocycles. The number of aromatic nitrogens is 1. The van der Waals surface area contributed by atoms with Gasteiger partial charge in [-0.2, -0.15) is 0 Å². The summed E-state index contributed by atoms with van der Waals surface area (Å²) in [4.78, 5) is 19.8. The molecule has 0 unspecified atom stereocenters. The molecule has 0 radical (unpaired) electrons. The van der Waals surface area contributed by atoms with Gasteiger partial charge in [-0.25, -0.2) is 4.98 Å². The van der Waals surface area contributed by atoms with E-state index in [0.29, 0.717) is 6.54 Å². The third-order valence-corrected chi connectivity index (χ3v) is 3.26.